The van der Waals surface area contributed by atoms with Gasteiger partial charge in [0.1, 0.15) is 12.4 Å². The Bertz CT molecular complexity index is 363. The van der Waals surface area contributed by atoms with E-state index in [4.69, 9.17) is 21.1 Å². The van der Waals surface area contributed by atoms with Crippen LogP contribution in [0.25, 0.3) is 0 Å². The first-order valence-corrected chi connectivity index (χ1v) is 6.48. The zero-order chi connectivity index (χ0) is 13.4. The van der Waals surface area contributed by atoms with Gasteiger partial charge in [-0.1, -0.05) is 31.5 Å². The molecule has 0 aliphatic carbocycles. The highest BCUT2D eigenvalue weighted by atomic mass is 35.5. The van der Waals surface area contributed by atoms with Gasteiger partial charge in [-0.05, 0) is 25.5 Å². The largest absolute Gasteiger partial charge is 0.491 e. The first-order chi connectivity index (χ1) is 8.56. The van der Waals surface area contributed by atoms with Crippen LogP contribution in [0.5, 0.6) is 5.75 Å². The molecule has 0 radical (unpaired) electrons. The Morgan fingerprint density at radius 3 is 2.61 bits per heavy atom. The number of rotatable bonds is 7. The number of hydrogen-bond acceptors (Lipinski definition) is 3. The molecule has 18 heavy (non-hydrogen) atoms. The van der Waals surface area contributed by atoms with Crippen LogP contribution in [-0.2, 0) is 9.53 Å². The van der Waals surface area contributed by atoms with Crippen molar-refractivity contribution < 1.29 is 14.3 Å². The number of carbonyl (C=O) groups excluding carboxylic acids is 1. The third kappa shape index (κ3) is 4.96. The summed E-state index contributed by atoms with van der Waals surface area (Å²) in [5.41, 5.74) is 0. The molecule has 0 bridgehead atoms. The number of ether oxygens (including phenoxy) is 2. The molecule has 0 N–H and O–H groups in total. The third-order valence-corrected chi connectivity index (χ3v) is 2.67. The lowest BCUT2D eigenvalue weighted by Gasteiger charge is -2.20. The van der Waals surface area contributed by atoms with Crippen LogP contribution in [0.1, 0.15) is 26.7 Å². The second-order valence-corrected chi connectivity index (χ2v) is 5.12. The van der Waals surface area contributed by atoms with Crippen molar-refractivity contribution >= 4 is 17.6 Å². The van der Waals surface area contributed by atoms with Crippen LogP contribution in [-0.4, -0.2) is 24.1 Å². The highest BCUT2D eigenvalue weighted by Gasteiger charge is 2.33. The van der Waals surface area contributed by atoms with Crippen molar-refractivity contribution in [2.24, 2.45) is 0 Å². The SMILES string of the molecule is CCCCOC(=O)C(C)(Cl)COc1ccccc1. The van der Waals surface area contributed by atoms with Gasteiger partial charge in [0.05, 0.1) is 6.61 Å². The molecule has 100 valence electrons. The first-order valence-electron chi connectivity index (χ1n) is 6.10. The number of benzene rings is 1. The van der Waals surface area contributed by atoms with Gasteiger partial charge in [-0.15, -0.1) is 11.6 Å². The average Bonchev–Trinajstić information content (AvgIpc) is 2.38. The predicted molar refractivity (Wildman–Crippen MR) is 72.1 cm³/mol. The number of para-hydroxylation sites is 1. The summed E-state index contributed by atoms with van der Waals surface area (Å²) in [5.74, 6) is 0.249. The highest BCUT2D eigenvalue weighted by molar-refractivity contribution is 6.33. The maximum Gasteiger partial charge on any atom is 0.330 e. The Kier molecular flexibility index (Phi) is 5.99. The van der Waals surface area contributed by atoms with Gasteiger partial charge in [0.15, 0.2) is 4.87 Å². The topological polar surface area (TPSA) is 35.5 Å². The minimum atomic E-state index is -1.15. The molecule has 1 aromatic carbocycles. The molecule has 0 aliphatic heterocycles. The van der Waals surface area contributed by atoms with Crippen molar-refractivity contribution in [3.05, 3.63) is 30.3 Å². The lowest BCUT2D eigenvalue weighted by molar-refractivity contribution is -0.147. The molecule has 0 aliphatic rings. The molecule has 3 nitrogen and oxygen atoms in total. The van der Waals surface area contributed by atoms with E-state index in [1.54, 1.807) is 6.92 Å². The van der Waals surface area contributed by atoms with Crippen molar-refractivity contribution in [2.45, 2.75) is 31.6 Å². The Balaban J connectivity index is 2.41. The molecule has 0 fully saturated rings. The summed E-state index contributed by atoms with van der Waals surface area (Å²) in [4.78, 5) is 10.6. The highest BCUT2D eigenvalue weighted by Crippen LogP contribution is 2.19. The van der Waals surface area contributed by atoms with Crippen LogP contribution in [0, 0.1) is 0 Å². The normalized spacial score (nSPS) is 13.7. The van der Waals surface area contributed by atoms with E-state index in [2.05, 4.69) is 0 Å². The summed E-state index contributed by atoms with van der Waals surface area (Å²) >= 11 is 6.12. The van der Waals surface area contributed by atoms with Gasteiger partial charge in [-0.3, -0.25) is 4.79 Å². The number of esters is 1. The maximum atomic E-state index is 11.7. The van der Waals surface area contributed by atoms with Crippen LogP contribution >= 0.6 is 11.6 Å². The summed E-state index contributed by atoms with van der Waals surface area (Å²) in [6.45, 7) is 4.13. The van der Waals surface area contributed by atoms with E-state index in [0.717, 1.165) is 12.8 Å². The van der Waals surface area contributed by atoms with E-state index in [1.807, 2.05) is 37.3 Å². The average molecular weight is 271 g/mol. The summed E-state index contributed by atoms with van der Waals surface area (Å²) < 4.78 is 10.6. The lowest BCUT2D eigenvalue weighted by Crippen LogP contribution is -2.37. The van der Waals surface area contributed by atoms with Crippen molar-refractivity contribution in [1.29, 1.82) is 0 Å². The Morgan fingerprint density at radius 1 is 1.33 bits per heavy atom. The number of carbonyl (C=O) groups is 1. The van der Waals surface area contributed by atoms with Gasteiger partial charge >= 0.3 is 5.97 Å². The molecule has 0 spiro atoms. The second kappa shape index (κ2) is 7.27. The van der Waals surface area contributed by atoms with Gasteiger partial charge in [0.2, 0.25) is 0 Å². The molecule has 1 aromatic rings. The van der Waals surface area contributed by atoms with E-state index < -0.39 is 10.8 Å². The maximum absolute atomic E-state index is 11.7. The fourth-order valence-corrected chi connectivity index (χ4v) is 1.36. The fourth-order valence-electron chi connectivity index (χ4n) is 1.25. The lowest BCUT2D eigenvalue weighted by atomic mass is 10.2. The number of unbranched alkanes of at least 4 members (excludes halogenated alkanes) is 1. The number of hydrogen-bond donors (Lipinski definition) is 0. The predicted octanol–water partition coefficient (Wildman–Crippen LogP) is 3.41. The van der Waals surface area contributed by atoms with Crippen molar-refractivity contribution in [2.75, 3.05) is 13.2 Å². The Morgan fingerprint density at radius 2 is 2.00 bits per heavy atom. The summed E-state index contributed by atoms with van der Waals surface area (Å²) in [6, 6.07) is 9.25. The minimum Gasteiger partial charge on any atom is -0.491 e. The van der Waals surface area contributed by atoms with Crippen LogP contribution in [0.3, 0.4) is 0 Å². The standard InChI is InChI=1S/C14H19ClO3/c1-3-4-10-17-13(16)14(2,15)11-18-12-8-6-5-7-9-12/h5-9H,3-4,10-11H2,1-2H3. The fraction of sp³-hybridized carbons (Fsp3) is 0.500. The van der Waals surface area contributed by atoms with E-state index in [0.29, 0.717) is 12.4 Å². The van der Waals surface area contributed by atoms with E-state index in [-0.39, 0.29) is 6.61 Å². The zero-order valence-corrected chi connectivity index (χ0v) is 11.6. The third-order valence-electron chi connectivity index (χ3n) is 2.41. The number of alkyl halides is 1. The summed E-state index contributed by atoms with van der Waals surface area (Å²) in [7, 11) is 0. The molecule has 1 rings (SSSR count). The molecule has 0 amide bonds. The van der Waals surface area contributed by atoms with Gasteiger partial charge in [-0.25, -0.2) is 0 Å². The monoisotopic (exact) mass is 270 g/mol. The molecule has 0 saturated carbocycles. The molecule has 0 saturated heterocycles. The molecular weight excluding hydrogens is 252 g/mol. The molecule has 0 aromatic heterocycles. The van der Waals surface area contributed by atoms with Crippen LogP contribution in [0.2, 0.25) is 0 Å². The van der Waals surface area contributed by atoms with Gasteiger partial charge < -0.3 is 9.47 Å². The van der Waals surface area contributed by atoms with E-state index in [9.17, 15) is 4.79 Å². The minimum absolute atomic E-state index is 0.0868. The van der Waals surface area contributed by atoms with Crippen molar-refractivity contribution in [3.8, 4) is 5.75 Å². The smallest absolute Gasteiger partial charge is 0.330 e. The molecule has 1 atom stereocenters. The Labute approximate surface area is 113 Å². The van der Waals surface area contributed by atoms with Crippen LogP contribution < -0.4 is 4.74 Å². The van der Waals surface area contributed by atoms with Gasteiger partial charge in [0, 0.05) is 0 Å². The van der Waals surface area contributed by atoms with E-state index >= 15 is 0 Å². The molecule has 4 heteroatoms. The van der Waals surface area contributed by atoms with Gasteiger partial charge in [-0.2, -0.15) is 0 Å². The summed E-state index contributed by atoms with van der Waals surface area (Å²) in [6.07, 6.45) is 1.82. The Hall–Kier alpha value is -1.22. The molecule has 0 heterocycles. The van der Waals surface area contributed by atoms with Crippen molar-refractivity contribution in [3.63, 3.8) is 0 Å². The number of halogens is 1. The van der Waals surface area contributed by atoms with Crippen molar-refractivity contribution in [1.82, 2.24) is 0 Å². The van der Waals surface area contributed by atoms with E-state index in [1.165, 1.54) is 0 Å². The van der Waals surface area contributed by atoms with Crippen LogP contribution in [0.15, 0.2) is 30.3 Å². The molecule has 1 unspecified atom stereocenters. The zero-order valence-electron chi connectivity index (χ0n) is 10.8. The first kappa shape index (κ1) is 14.8. The summed E-state index contributed by atoms with van der Waals surface area (Å²) in [5, 5.41) is 0. The molecular formula is C14H19ClO3. The van der Waals surface area contributed by atoms with Crippen LogP contribution in [0.4, 0.5) is 0 Å². The second-order valence-electron chi connectivity index (χ2n) is 4.29. The quantitative estimate of drug-likeness (QED) is 0.433. The van der Waals surface area contributed by atoms with Gasteiger partial charge in [0.25, 0.3) is 0 Å².